The molecule has 2 rings (SSSR count). The van der Waals surface area contributed by atoms with Gasteiger partial charge in [-0.1, -0.05) is 24.6 Å². The molecular weight excluding hydrogens is 326 g/mol. The lowest BCUT2D eigenvalue weighted by atomic mass is 10.0. The summed E-state index contributed by atoms with van der Waals surface area (Å²) in [6.07, 6.45) is 4.04. The SMILES string of the molecule is CN=C(NCCN1CCCCC1)NCC(c1ccccc1OC)N(C)C. The Balaban J connectivity index is 1.86. The third kappa shape index (κ3) is 6.18. The lowest BCUT2D eigenvalue weighted by Crippen LogP contribution is -2.44. The maximum Gasteiger partial charge on any atom is 0.191 e. The van der Waals surface area contributed by atoms with Crippen LogP contribution in [0.2, 0.25) is 0 Å². The maximum atomic E-state index is 5.54. The minimum atomic E-state index is 0.201. The first-order valence-electron chi connectivity index (χ1n) is 9.62. The van der Waals surface area contributed by atoms with Gasteiger partial charge in [0.25, 0.3) is 0 Å². The van der Waals surface area contributed by atoms with Crippen molar-refractivity contribution in [3.8, 4) is 5.75 Å². The van der Waals surface area contributed by atoms with Gasteiger partial charge in [-0.15, -0.1) is 0 Å². The number of piperidine rings is 1. The zero-order chi connectivity index (χ0) is 18.8. The van der Waals surface area contributed by atoms with E-state index in [9.17, 15) is 0 Å². The van der Waals surface area contributed by atoms with Crippen molar-refractivity contribution in [1.82, 2.24) is 20.4 Å². The third-order valence-corrected chi connectivity index (χ3v) is 4.98. The Morgan fingerprint density at radius 1 is 1.19 bits per heavy atom. The number of ether oxygens (including phenoxy) is 1. The van der Waals surface area contributed by atoms with E-state index < -0.39 is 0 Å². The molecule has 6 nitrogen and oxygen atoms in total. The first kappa shape index (κ1) is 20.5. The molecule has 1 aliphatic heterocycles. The number of nitrogens with one attached hydrogen (secondary N) is 2. The Labute approximate surface area is 158 Å². The first-order valence-corrected chi connectivity index (χ1v) is 9.62. The number of likely N-dealkylation sites (N-methyl/N-ethyl adjacent to an activating group) is 1. The van der Waals surface area contributed by atoms with Gasteiger partial charge in [0, 0.05) is 32.2 Å². The normalized spacial score (nSPS) is 17.2. The molecule has 1 fully saturated rings. The molecular formula is C20H35N5O. The Bertz CT molecular complexity index is 555. The summed E-state index contributed by atoms with van der Waals surface area (Å²) in [7, 11) is 7.72. The number of methoxy groups -OCH3 is 1. The molecule has 2 N–H and O–H groups in total. The van der Waals surface area contributed by atoms with Crippen molar-refractivity contribution in [3.63, 3.8) is 0 Å². The van der Waals surface area contributed by atoms with E-state index in [2.05, 4.69) is 51.7 Å². The number of hydrogen-bond acceptors (Lipinski definition) is 4. The molecule has 1 unspecified atom stereocenters. The molecule has 0 spiro atoms. The second-order valence-corrected chi connectivity index (χ2v) is 7.00. The van der Waals surface area contributed by atoms with Gasteiger partial charge in [-0.05, 0) is 46.1 Å². The Morgan fingerprint density at radius 3 is 2.58 bits per heavy atom. The van der Waals surface area contributed by atoms with E-state index in [1.54, 1.807) is 7.11 Å². The highest BCUT2D eigenvalue weighted by Crippen LogP contribution is 2.27. The molecule has 1 aromatic rings. The summed E-state index contributed by atoms with van der Waals surface area (Å²) in [6.45, 7) is 5.20. The van der Waals surface area contributed by atoms with Crippen LogP contribution in [0.5, 0.6) is 5.75 Å². The molecule has 1 aliphatic rings. The number of hydrogen-bond donors (Lipinski definition) is 2. The highest BCUT2D eigenvalue weighted by molar-refractivity contribution is 5.79. The Morgan fingerprint density at radius 2 is 1.92 bits per heavy atom. The van der Waals surface area contributed by atoms with E-state index in [-0.39, 0.29) is 6.04 Å². The Kier molecular flexibility index (Phi) is 8.71. The summed E-state index contributed by atoms with van der Waals surface area (Å²) in [5, 5.41) is 6.90. The number of aliphatic imine (C=N–C) groups is 1. The predicted molar refractivity (Wildman–Crippen MR) is 109 cm³/mol. The summed E-state index contributed by atoms with van der Waals surface area (Å²) in [5.74, 6) is 1.77. The molecule has 6 heteroatoms. The second kappa shape index (κ2) is 11.0. The van der Waals surface area contributed by atoms with E-state index in [1.165, 1.54) is 37.9 Å². The number of guanidine groups is 1. The fraction of sp³-hybridized carbons (Fsp3) is 0.650. The molecule has 0 radical (unpaired) electrons. The van der Waals surface area contributed by atoms with Crippen LogP contribution in [-0.4, -0.2) is 76.7 Å². The van der Waals surface area contributed by atoms with Crippen LogP contribution in [0.25, 0.3) is 0 Å². The summed E-state index contributed by atoms with van der Waals surface area (Å²) >= 11 is 0. The molecule has 146 valence electrons. The standard InChI is InChI=1S/C20H35N5O/c1-21-20(22-12-15-25-13-8-5-9-14-25)23-16-18(24(2)3)17-10-6-7-11-19(17)26-4/h6-7,10-11,18H,5,8-9,12-16H2,1-4H3,(H2,21,22,23). The predicted octanol–water partition coefficient (Wildman–Crippen LogP) is 1.95. The monoisotopic (exact) mass is 361 g/mol. The fourth-order valence-corrected chi connectivity index (χ4v) is 3.44. The van der Waals surface area contributed by atoms with Crippen LogP contribution < -0.4 is 15.4 Å². The van der Waals surface area contributed by atoms with Crippen LogP contribution in [-0.2, 0) is 0 Å². The zero-order valence-electron chi connectivity index (χ0n) is 16.8. The van der Waals surface area contributed by atoms with Crippen molar-refractivity contribution in [2.45, 2.75) is 25.3 Å². The van der Waals surface area contributed by atoms with E-state index in [0.29, 0.717) is 0 Å². The largest absolute Gasteiger partial charge is 0.496 e. The highest BCUT2D eigenvalue weighted by Gasteiger charge is 2.18. The van der Waals surface area contributed by atoms with Gasteiger partial charge >= 0.3 is 0 Å². The summed E-state index contributed by atoms with van der Waals surface area (Å²) in [4.78, 5) is 9.09. The second-order valence-electron chi connectivity index (χ2n) is 7.00. The molecule has 1 atom stereocenters. The maximum absolute atomic E-state index is 5.54. The molecule has 0 bridgehead atoms. The molecule has 0 amide bonds. The topological polar surface area (TPSA) is 52.1 Å². The minimum absolute atomic E-state index is 0.201. The smallest absolute Gasteiger partial charge is 0.191 e. The van der Waals surface area contributed by atoms with Crippen molar-refractivity contribution in [2.24, 2.45) is 4.99 Å². The number of para-hydroxylation sites is 1. The van der Waals surface area contributed by atoms with Crippen LogP contribution in [0.4, 0.5) is 0 Å². The fourth-order valence-electron chi connectivity index (χ4n) is 3.44. The zero-order valence-corrected chi connectivity index (χ0v) is 16.8. The third-order valence-electron chi connectivity index (χ3n) is 4.98. The summed E-state index contributed by atoms with van der Waals surface area (Å²) < 4.78 is 5.54. The molecule has 0 aliphatic carbocycles. The van der Waals surface area contributed by atoms with Gasteiger partial charge in [0.2, 0.25) is 0 Å². The molecule has 1 aromatic carbocycles. The molecule has 1 heterocycles. The molecule has 26 heavy (non-hydrogen) atoms. The minimum Gasteiger partial charge on any atom is -0.496 e. The average molecular weight is 362 g/mol. The van der Waals surface area contributed by atoms with E-state index in [1.807, 2.05) is 19.2 Å². The summed E-state index contributed by atoms with van der Waals surface area (Å²) in [5.41, 5.74) is 1.18. The van der Waals surface area contributed by atoms with Crippen molar-refractivity contribution in [2.75, 3.05) is 61.0 Å². The Hall–Kier alpha value is -1.79. The lowest BCUT2D eigenvalue weighted by molar-refractivity contribution is 0.232. The van der Waals surface area contributed by atoms with Crippen molar-refractivity contribution < 1.29 is 4.74 Å². The van der Waals surface area contributed by atoms with Gasteiger partial charge < -0.3 is 25.2 Å². The van der Waals surface area contributed by atoms with Crippen LogP contribution in [0.1, 0.15) is 30.9 Å². The van der Waals surface area contributed by atoms with Crippen LogP contribution in [0, 0.1) is 0 Å². The molecule has 1 saturated heterocycles. The van der Waals surface area contributed by atoms with Crippen LogP contribution in [0.15, 0.2) is 29.3 Å². The van der Waals surface area contributed by atoms with Gasteiger partial charge in [-0.25, -0.2) is 0 Å². The van der Waals surface area contributed by atoms with Gasteiger partial charge in [0.15, 0.2) is 5.96 Å². The molecule has 0 saturated carbocycles. The van der Waals surface area contributed by atoms with Crippen molar-refractivity contribution >= 4 is 5.96 Å². The highest BCUT2D eigenvalue weighted by atomic mass is 16.5. The van der Waals surface area contributed by atoms with Gasteiger partial charge in [-0.3, -0.25) is 4.99 Å². The van der Waals surface area contributed by atoms with Crippen molar-refractivity contribution in [3.05, 3.63) is 29.8 Å². The number of rotatable bonds is 8. The van der Waals surface area contributed by atoms with E-state index in [0.717, 1.165) is 31.3 Å². The molecule has 0 aromatic heterocycles. The van der Waals surface area contributed by atoms with Gasteiger partial charge in [0.05, 0.1) is 13.2 Å². The van der Waals surface area contributed by atoms with Gasteiger partial charge in [0.1, 0.15) is 5.75 Å². The van der Waals surface area contributed by atoms with Crippen molar-refractivity contribution in [1.29, 1.82) is 0 Å². The van der Waals surface area contributed by atoms with Crippen LogP contribution in [0.3, 0.4) is 0 Å². The van der Waals surface area contributed by atoms with Gasteiger partial charge in [-0.2, -0.15) is 0 Å². The van der Waals surface area contributed by atoms with E-state index >= 15 is 0 Å². The number of benzene rings is 1. The number of likely N-dealkylation sites (tertiary alicyclic amines) is 1. The van der Waals surface area contributed by atoms with Crippen LogP contribution >= 0.6 is 0 Å². The average Bonchev–Trinajstić information content (AvgIpc) is 2.67. The van der Waals surface area contributed by atoms with E-state index in [4.69, 9.17) is 4.74 Å². The number of nitrogens with zero attached hydrogens (tertiary/aromatic N) is 3. The summed E-state index contributed by atoms with van der Waals surface area (Å²) in [6, 6.07) is 8.39. The lowest BCUT2D eigenvalue weighted by Gasteiger charge is -2.28. The first-order chi connectivity index (χ1) is 12.7. The quantitative estimate of drug-likeness (QED) is 0.548.